The summed E-state index contributed by atoms with van der Waals surface area (Å²) >= 11 is 0. The second kappa shape index (κ2) is 6.81. The molecule has 0 spiro atoms. The van der Waals surface area contributed by atoms with Crippen LogP contribution in [0.3, 0.4) is 0 Å². The van der Waals surface area contributed by atoms with E-state index in [1.54, 1.807) is 13.2 Å². The summed E-state index contributed by atoms with van der Waals surface area (Å²) in [6.45, 7) is 0.855. The van der Waals surface area contributed by atoms with Gasteiger partial charge in [0.2, 0.25) is 15.9 Å². The largest absolute Gasteiger partial charge is 0.386 e. The van der Waals surface area contributed by atoms with Gasteiger partial charge in [-0.25, -0.2) is 18.1 Å². The van der Waals surface area contributed by atoms with E-state index in [0.29, 0.717) is 19.5 Å². The predicted molar refractivity (Wildman–Crippen MR) is 86.5 cm³/mol. The van der Waals surface area contributed by atoms with Crippen molar-refractivity contribution in [3.63, 3.8) is 0 Å². The Kier molecular flexibility index (Phi) is 5.23. The maximum absolute atomic E-state index is 11.9. The fourth-order valence-electron chi connectivity index (χ4n) is 2.58. The quantitative estimate of drug-likeness (QED) is 0.690. The van der Waals surface area contributed by atoms with E-state index < -0.39 is 15.6 Å². The molecule has 9 heteroatoms. The highest BCUT2D eigenvalue weighted by Crippen LogP contribution is 2.25. The number of carbonyl (C=O) groups is 1. The number of nitrogens with zero attached hydrogens (tertiary/aromatic N) is 3. The van der Waals surface area contributed by atoms with Gasteiger partial charge in [-0.2, -0.15) is 0 Å². The molecule has 0 unspecified atom stereocenters. The van der Waals surface area contributed by atoms with Crippen molar-refractivity contribution in [2.24, 2.45) is 0 Å². The average Bonchev–Trinajstić information content (AvgIpc) is 2.87. The minimum atomic E-state index is -3.42. The minimum Gasteiger partial charge on any atom is -0.386 e. The molecule has 0 saturated carbocycles. The number of likely N-dealkylation sites (N-methyl/N-ethyl adjacent to an activating group) is 1. The number of aliphatic hydroxyl groups is 1. The van der Waals surface area contributed by atoms with Crippen molar-refractivity contribution < 1.29 is 18.3 Å². The molecule has 1 amide bonds. The number of sulfonamides is 1. The number of carbonyl (C=O) groups excluding carboxylic acids is 1. The number of β-amino-alcohol motifs (C(OH)–C–C–N with tert-alkyl or cyclic N) is 1. The smallest absolute Gasteiger partial charge is 0.237 e. The van der Waals surface area contributed by atoms with Crippen molar-refractivity contribution in [2.75, 3.05) is 44.4 Å². The van der Waals surface area contributed by atoms with Gasteiger partial charge in [-0.05, 0) is 18.6 Å². The lowest BCUT2D eigenvalue weighted by molar-refractivity contribution is -0.131. The van der Waals surface area contributed by atoms with Crippen LogP contribution in [0.2, 0.25) is 0 Å². The van der Waals surface area contributed by atoms with Crippen LogP contribution < -0.4 is 9.62 Å². The number of nitrogens with one attached hydrogen (secondary N) is 1. The summed E-state index contributed by atoms with van der Waals surface area (Å²) < 4.78 is 24.2. The molecule has 128 valence electrons. The summed E-state index contributed by atoms with van der Waals surface area (Å²) in [7, 11) is -1.87. The van der Waals surface area contributed by atoms with Crippen molar-refractivity contribution in [3.05, 3.63) is 24.4 Å². The molecule has 1 saturated heterocycles. The molecule has 1 atom stereocenters. The van der Waals surface area contributed by atoms with Gasteiger partial charge >= 0.3 is 0 Å². The third kappa shape index (κ3) is 5.15. The number of anilines is 1. The molecule has 1 aromatic heterocycles. The highest BCUT2D eigenvalue weighted by molar-refractivity contribution is 7.88. The number of pyridine rings is 1. The molecule has 2 rings (SSSR count). The van der Waals surface area contributed by atoms with Crippen LogP contribution in [0.4, 0.5) is 5.82 Å². The van der Waals surface area contributed by atoms with E-state index >= 15 is 0 Å². The Morgan fingerprint density at radius 1 is 1.52 bits per heavy atom. The van der Waals surface area contributed by atoms with E-state index in [0.717, 1.165) is 12.1 Å². The van der Waals surface area contributed by atoms with Gasteiger partial charge in [0.25, 0.3) is 0 Å². The van der Waals surface area contributed by atoms with E-state index in [9.17, 15) is 18.3 Å². The summed E-state index contributed by atoms with van der Waals surface area (Å²) in [5, 5.41) is 10.7. The van der Waals surface area contributed by atoms with Crippen LogP contribution in [0.1, 0.15) is 6.42 Å². The number of rotatable bonds is 6. The number of amides is 1. The third-order valence-electron chi connectivity index (χ3n) is 3.75. The molecule has 23 heavy (non-hydrogen) atoms. The first-order chi connectivity index (χ1) is 10.7. The first-order valence-electron chi connectivity index (χ1n) is 7.25. The SMILES string of the molecule is CN(C[C@@]1(O)CCN(c2ccccn2)C1)C(=O)CNS(C)(=O)=O. The van der Waals surface area contributed by atoms with Gasteiger partial charge in [0.05, 0.1) is 19.3 Å². The molecule has 1 fully saturated rings. The van der Waals surface area contributed by atoms with Crippen LogP contribution in [0.15, 0.2) is 24.4 Å². The lowest BCUT2D eigenvalue weighted by Gasteiger charge is -2.29. The summed E-state index contributed by atoms with van der Waals surface area (Å²) in [5.74, 6) is 0.399. The Labute approximate surface area is 136 Å². The summed E-state index contributed by atoms with van der Waals surface area (Å²) in [4.78, 5) is 19.5. The summed E-state index contributed by atoms with van der Waals surface area (Å²) in [5.41, 5.74) is -1.03. The van der Waals surface area contributed by atoms with E-state index in [-0.39, 0.29) is 19.0 Å². The van der Waals surface area contributed by atoms with Crippen molar-refractivity contribution >= 4 is 21.7 Å². The van der Waals surface area contributed by atoms with Gasteiger partial charge in [-0.1, -0.05) is 6.07 Å². The zero-order chi connectivity index (χ0) is 17.1. The van der Waals surface area contributed by atoms with Crippen LogP contribution in [-0.4, -0.2) is 74.4 Å². The van der Waals surface area contributed by atoms with Gasteiger partial charge < -0.3 is 14.9 Å². The van der Waals surface area contributed by atoms with Gasteiger partial charge in [0.15, 0.2) is 0 Å². The van der Waals surface area contributed by atoms with Gasteiger partial charge in [0, 0.05) is 26.3 Å². The Morgan fingerprint density at radius 3 is 2.87 bits per heavy atom. The highest BCUT2D eigenvalue weighted by atomic mass is 32.2. The van der Waals surface area contributed by atoms with Crippen LogP contribution in [0.25, 0.3) is 0 Å². The molecule has 2 N–H and O–H groups in total. The number of hydrogen-bond acceptors (Lipinski definition) is 6. The number of aromatic nitrogens is 1. The van der Waals surface area contributed by atoms with Crippen LogP contribution in [-0.2, 0) is 14.8 Å². The Hall–Kier alpha value is -1.71. The van der Waals surface area contributed by atoms with E-state index in [1.807, 2.05) is 23.1 Å². The molecule has 1 aliphatic heterocycles. The first-order valence-corrected chi connectivity index (χ1v) is 9.15. The highest BCUT2D eigenvalue weighted by Gasteiger charge is 2.38. The zero-order valence-electron chi connectivity index (χ0n) is 13.3. The Morgan fingerprint density at radius 2 is 2.26 bits per heavy atom. The Balaban J connectivity index is 1.91. The molecule has 8 nitrogen and oxygen atoms in total. The zero-order valence-corrected chi connectivity index (χ0v) is 14.1. The maximum Gasteiger partial charge on any atom is 0.237 e. The molecule has 0 radical (unpaired) electrons. The maximum atomic E-state index is 11.9. The van der Waals surface area contributed by atoms with Crippen molar-refractivity contribution in [1.29, 1.82) is 0 Å². The average molecular weight is 342 g/mol. The lowest BCUT2D eigenvalue weighted by Crippen LogP contribution is -2.48. The number of hydrogen-bond donors (Lipinski definition) is 2. The van der Waals surface area contributed by atoms with Crippen LogP contribution >= 0.6 is 0 Å². The monoisotopic (exact) mass is 342 g/mol. The molecule has 1 aromatic rings. The molecular weight excluding hydrogens is 320 g/mol. The first kappa shape index (κ1) is 17.6. The fraction of sp³-hybridized carbons (Fsp3) is 0.571. The normalized spacial score (nSPS) is 21.4. The topological polar surface area (TPSA) is 103 Å². The summed E-state index contributed by atoms with van der Waals surface area (Å²) in [6.07, 6.45) is 3.20. The van der Waals surface area contributed by atoms with Crippen molar-refractivity contribution in [1.82, 2.24) is 14.6 Å². The van der Waals surface area contributed by atoms with Crippen molar-refractivity contribution in [3.8, 4) is 0 Å². The molecule has 0 aliphatic carbocycles. The third-order valence-corrected chi connectivity index (χ3v) is 4.42. The van der Waals surface area contributed by atoms with Gasteiger partial charge in [-0.15, -0.1) is 0 Å². The minimum absolute atomic E-state index is 0.139. The fourth-order valence-corrected chi connectivity index (χ4v) is 2.96. The predicted octanol–water partition coefficient (Wildman–Crippen LogP) is -0.970. The standard InChI is InChI=1S/C14H22N4O4S/c1-17(13(19)9-16-23(2,21)22)10-14(20)6-8-18(11-14)12-5-3-4-7-15-12/h3-5,7,16,20H,6,8-11H2,1-2H3/t14-/m0/s1. The summed E-state index contributed by atoms with van der Waals surface area (Å²) in [6, 6.07) is 5.58. The molecule has 1 aliphatic rings. The Bertz CT molecular complexity index is 652. The van der Waals surface area contributed by atoms with Crippen LogP contribution in [0.5, 0.6) is 0 Å². The van der Waals surface area contributed by atoms with Crippen molar-refractivity contribution in [2.45, 2.75) is 12.0 Å². The van der Waals surface area contributed by atoms with E-state index in [2.05, 4.69) is 9.71 Å². The second-order valence-electron chi connectivity index (χ2n) is 5.93. The van der Waals surface area contributed by atoms with Gasteiger partial charge in [-0.3, -0.25) is 4.79 Å². The van der Waals surface area contributed by atoms with E-state index in [1.165, 1.54) is 4.90 Å². The molecule has 0 bridgehead atoms. The molecule has 0 aromatic carbocycles. The van der Waals surface area contributed by atoms with E-state index in [4.69, 9.17) is 0 Å². The van der Waals surface area contributed by atoms with Gasteiger partial charge in [0.1, 0.15) is 11.4 Å². The van der Waals surface area contributed by atoms with Crippen LogP contribution in [0, 0.1) is 0 Å². The second-order valence-corrected chi connectivity index (χ2v) is 7.76. The lowest BCUT2D eigenvalue weighted by atomic mass is 10.0. The molecule has 2 heterocycles. The molecular formula is C14H22N4O4S.